The molecule has 0 saturated heterocycles. The molecule has 8 heteroatoms. The number of hydrogen-bond donors (Lipinski definition) is 2. The topological polar surface area (TPSA) is 58.1 Å². The van der Waals surface area contributed by atoms with Crippen LogP contribution >= 0.6 is 0 Å². The molecule has 0 aliphatic rings. The van der Waals surface area contributed by atoms with Crippen molar-refractivity contribution in [2.24, 2.45) is 4.99 Å². The van der Waals surface area contributed by atoms with Crippen LogP contribution in [0.5, 0.6) is 11.5 Å². The number of aliphatic imine (C=N–C) groups is 1. The molecule has 0 saturated carbocycles. The third-order valence-electron chi connectivity index (χ3n) is 4.24. The summed E-state index contributed by atoms with van der Waals surface area (Å²) in [6.45, 7) is 5.75. The van der Waals surface area contributed by atoms with E-state index in [0.29, 0.717) is 23.8 Å². The number of nitrogens with one attached hydrogen (secondary N) is 2. The number of nitrogens with zero attached hydrogens (tertiary/aromatic N) is 2. The number of halogens is 2. The number of rotatable bonds is 12. The van der Waals surface area contributed by atoms with E-state index in [1.807, 2.05) is 0 Å². The van der Waals surface area contributed by atoms with Crippen LogP contribution in [0.15, 0.2) is 23.2 Å². The van der Waals surface area contributed by atoms with E-state index in [9.17, 15) is 8.78 Å². The molecule has 0 heterocycles. The van der Waals surface area contributed by atoms with Gasteiger partial charge in [-0.05, 0) is 50.7 Å². The summed E-state index contributed by atoms with van der Waals surface area (Å²) in [4.78, 5) is 6.55. The van der Waals surface area contributed by atoms with E-state index in [4.69, 9.17) is 4.74 Å². The molecule has 27 heavy (non-hydrogen) atoms. The summed E-state index contributed by atoms with van der Waals surface area (Å²) >= 11 is 0. The van der Waals surface area contributed by atoms with E-state index in [-0.39, 0.29) is 5.75 Å². The molecule has 0 spiro atoms. The standard InChI is InChI=1S/C19H32F2N4O2/c1-5-25(6-2)12-8-7-11-23-19(22-3)24-14-15-13-16(26-4)9-10-17(15)27-18(20)21/h9-10,13,18H,5-8,11-12,14H2,1-4H3,(H2,22,23,24). The average molecular weight is 386 g/mol. The van der Waals surface area contributed by atoms with Crippen molar-refractivity contribution in [3.05, 3.63) is 23.8 Å². The number of ether oxygens (including phenoxy) is 2. The zero-order valence-electron chi connectivity index (χ0n) is 16.7. The second-order valence-corrected chi connectivity index (χ2v) is 5.94. The molecule has 0 radical (unpaired) electrons. The largest absolute Gasteiger partial charge is 0.497 e. The van der Waals surface area contributed by atoms with Gasteiger partial charge >= 0.3 is 6.61 Å². The predicted molar refractivity (Wildman–Crippen MR) is 105 cm³/mol. The van der Waals surface area contributed by atoms with E-state index >= 15 is 0 Å². The van der Waals surface area contributed by atoms with Crippen LogP contribution in [0.4, 0.5) is 8.78 Å². The van der Waals surface area contributed by atoms with E-state index in [1.54, 1.807) is 19.2 Å². The first-order chi connectivity index (χ1) is 13.0. The Balaban J connectivity index is 2.49. The van der Waals surface area contributed by atoms with Gasteiger partial charge in [-0.25, -0.2) is 0 Å². The monoisotopic (exact) mass is 386 g/mol. The highest BCUT2D eigenvalue weighted by Gasteiger charge is 2.11. The molecule has 0 aliphatic carbocycles. The molecule has 1 aromatic rings. The van der Waals surface area contributed by atoms with Crippen molar-refractivity contribution in [2.75, 3.05) is 40.3 Å². The van der Waals surface area contributed by atoms with Crippen LogP contribution in [-0.2, 0) is 6.54 Å². The first kappa shape index (κ1) is 23.0. The van der Waals surface area contributed by atoms with Gasteiger partial charge in [0.1, 0.15) is 11.5 Å². The minimum atomic E-state index is -2.87. The lowest BCUT2D eigenvalue weighted by Crippen LogP contribution is -2.37. The zero-order valence-corrected chi connectivity index (χ0v) is 16.7. The number of unbranched alkanes of at least 4 members (excludes halogenated alkanes) is 1. The first-order valence-corrected chi connectivity index (χ1v) is 9.32. The lowest BCUT2D eigenvalue weighted by atomic mass is 10.2. The Morgan fingerprint density at radius 2 is 1.93 bits per heavy atom. The molecule has 6 nitrogen and oxygen atoms in total. The fourth-order valence-electron chi connectivity index (χ4n) is 2.64. The van der Waals surface area contributed by atoms with Crippen molar-refractivity contribution in [2.45, 2.75) is 39.8 Å². The van der Waals surface area contributed by atoms with Gasteiger partial charge in [0.2, 0.25) is 0 Å². The van der Waals surface area contributed by atoms with Gasteiger partial charge in [-0.3, -0.25) is 4.99 Å². The van der Waals surface area contributed by atoms with Crippen molar-refractivity contribution in [1.82, 2.24) is 15.5 Å². The van der Waals surface area contributed by atoms with Crippen LogP contribution in [0.25, 0.3) is 0 Å². The van der Waals surface area contributed by atoms with Crippen molar-refractivity contribution in [3.63, 3.8) is 0 Å². The SMILES string of the molecule is CCN(CC)CCCCNC(=NC)NCc1cc(OC)ccc1OC(F)F. The van der Waals surface area contributed by atoms with E-state index in [1.165, 1.54) is 13.2 Å². The van der Waals surface area contributed by atoms with Crippen LogP contribution in [0, 0.1) is 0 Å². The molecule has 0 fully saturated rings. The molecule has 0 bridgehead atoms. The molecule has 1 aromatic carbocycles. The Morgan fingerprint density at radius 3 is 2.52 bits per heavy atom. The highest BCUT2D eigenvalue weighted by Crippen LogP contribution is 2.25. The van der Waals surface area contributed by atoms with Gasteiger partial charge in [0.05, 0.1) is 7.11 Å². The Bertz CT molecular complexity index is 567. The van der Waals surface area contributed by atoms with Gasteiger partial charge in [-0.1, -0.05) is 13.8 Å². The number of benzene rings is 1. The second-order valence-electron chi connectivity index (χ2n) is 5.94. The molecule has 0 atom stereocenters. The van der Waals surface area contributed by atoms with Crippen LogP contribution < -0.4 is 20.1 Å². The normalized spacial score (nSPS) is 11.8. The summed E-state index contributed by atoms with van der Waals surface area (Å²) in [6.07, 6.45) is 2.13. The van der Waals surface area contributed by atoms with E-state index < -0.39 is 6.61 Å². The summed E-state index contributed by atoms with van der Waals surface area (Å²) in [5, 5.41) is 6.36. The van der Waals surface area contributed by atoms with Gasteiger partial charge < -0.3 is 25.0 Å². The highest BCUT2D eigenvalue weighted by molar-refractivity contribution is 5.79. The maximum atomic E-state index is 12.6. The van der Waals surface area contributed by atoms with Crippen molar-refractivity contribution >= 4 is 5.96 Å². The average Bonchev–Trinajstić information content (AvgIpc) is 2.67. The number of hydrogen-bond acceptors (Lipinski definition) is 4. The molecular formula is C19H32F2N4O2. The maximum absolute atomic E-state index is 12.6. The van der Waals surface area contributed by atoms with Crippen LogP contribution in [-0.4, -0.2) is 57.8 Å². The second kappa shape index (κ2) is 13.1. The van der Waals surface area contributed by atoms with Crippen LogP contribution in [0.3, 0.4) is 0 Å². The third-order valence-corrected chi connectivity index (χ3v) is 4.24. The van der Waals surface area contributed by atoms with Gasteiger partial charge in [0.25, 0.3) is 0 Å². The Hall–Kier alpha value is -2.09. The summed E-state index contributed by atoms with van der Waals surface area (Å²) in [5.74, 6) is 1.31. The Kier molecular flexibility index (Phi) is 11.2. The molecular weight excluding hydrogens is 354 g/mol. The molecule has 0 aromatic heterocycles. The fraction of sp³-hybridized carbons (Fsp3) is 0.632. The van der Waals surface area contributed by atoms with Gasteiger partial charge in [0, 0.05) is 25.7 Å². The van der Waals surface area contributed by atoms with Gasteiger partial charge in [0.15, 0.2) is 5.96 Å². The quantitative estimate of drug-likeness (QED) is 0.328. The summed E-state index contributed by atoms with van der Waals surface area (Å²) in [5.41, 5.74) is 0.569. The minimum Gasteiger partial charge on any atom is -0.497 e. The summed E-state index contributed by atoms with van der Waals surface area (Å²) < 4.78 is 34.9. The molecule has 1 rings (SSSR count). The van der Waals surface area contributed by atoms with Crippen molar-refractivity contribution in [1.29, 1.82) is 0 Å². The number of guanidine groups is 1. The van der Waals surface area contributed by atoms with Crippen LogP contribution in [0.2, 0.25) is 0 Å². The van der Waals surface area contributed by atoms with Gasteiger partial charge in [-0.2, -0.15) is 8.78 Å². The smallest absolute Gasteiger partial charge is 0.387 e. The van der Waals surface area contributed by atoms with E-state index in [2.05, 4.69) is 39.1 Å². The zero-order chi connectivity index (χ0) is 20.1. The fourth-order valence-corrected chi connectivity index (χ4v) is 2.64. The Morgan fingerprint density at radius 1 is 1.19 bits per heavy atom. The van der Waals surface area contributed by atoms with Crippen LogP contribution in [0.1, 0.15) is 32.3 Å². The van der Waals surface area contributed by atoms with Crippen molar-refractivity contribution in [3.8, 4) is 11.5 Å². The van der Waals surface area contributed by atoms with Gasteiger partial charge in [-0.15, -0.1) is 0 Å². The minimum absolute atomic E-state index is 0.118. The molecule has 0 aliphatic heterocycles. The lowest BCUT2D eigenvalue weighted by Gasteiger charge is -2.18. The van der Waals surface area contributed by atoms with E-state index in [0.717, 1.165) is 39.0 Å². The number of alkyl halides is 2. The summed E-state index contributed by atoms with van der Waals surface area (Å²) in [7, 11) is 3.20. The molecule has 0 unspecified atom stereocenters. The number of methoxy groups -OCH3 is 1. The first-order valence-electron chi connectivity index (χ1n) is 9.32. The summed E-state index contributed by atoms with van der Waals surface area (Å²) in [6, 6.07) is 4.73. The molecule has 0 amide bonds. The maximum Gasteiger partial charge on any atom is 0.387 e. The Labute approximate surface area is 160 Å². The highest BCUT2D eigenvalue weighted by atomic mass is 19.3. The molecule has 154 valence electrons. The molecule has 2 N–H and O–H groups in total. The lowest BCUT2D eigenvalue weighted by molar-refractivity contribution is -0.0504. The third kappa shape index (κ3) is 8.90. The van der Waals surface area contributed by atoms with Crippen molar-refractivity contribution < 1.29 is 18.3 Å². The predicted octanol–water partition coefficient (Wildman–Crippen LogP) is 3.08.